The number of hydrogen-bond donors (Lipinski definition) is 0. The molecule has 0 spiro atoms. The Morgan fingerprint density at radius 2 is 1.83 bits per heavy atom. The Morgan fingerprint density at radius 1 is 1.10 bits per heavy atom. The fraction of sp³-hybridized carbons (Fsp3) is 0.474. The van der Waals surface area contributed by atoms with E-state index in [1.165, 1.54) is 6.08 Å². The van der Waals surface area contributed by atoms with Crippen LogP contribution in [0.25, 0.3) is 0 Å². The van der Waals surface area contributed by atoms with E-state index < -0.39 is 24.2 Å². The molecule has 5 aliphatic rings. The molecule has 11 heteroatoms. The second-order valence-electron chi connectivity index (χ2n) is 7.64. The number of halogens is 3. The van der Waals surface area contributed by atoms with Gasteiger partial charge in [0.05, 0.1) is 6.08 Å². The van der Waals surface area contributed by atoms with Gasteiger partial charge < -0.3 is 19.5 Å². The quantitative estimate of drug-likeness (QED) is 0.717. The monoisotopic (exact) mass is 424 g/mol. The van der Waals surface area contributed by atoms with Crippen molar-refractivity contribution in [3.05, 3.63) is 41.7 Å². The maximum absolute atomic E-state index is 13.1. The molecule has 0 aromatic heterocycles. The van der Waals surface area contributed by atoms with Gasteiger partial charge >= 0.3 is 12.1 Å². The number of para-hydroxylation sites is 1. The Kier molecular flexibility index (Phi) is 4.31. The highest BCUT2D eigenvalue weighted by atomic mass is 19.4. The molecule has 1 atom stereocenters. The molecule has 3 fully saturated rings. The zero-order valence-electron chi connectivity index (χ0n) is 15.8. The summed E-state index contributed by atoms with van der Waals surface area (Å²) in [7, 11) is 0. The molecule has 3 saturated heterocycles. The molecular formula is C19H19F3N4O4. The van der Waals surface area contributed by atoms with E-state index in [1.54, 1.807) is 24.3 Å². The van der Waals surface area contributed by atoms with Crippen molar-refractivity contribution >= 4 is 11.9 Å². The molecule has 5 heterocycles. The van der Waals surface area contributed by atoms with Crippen molar-refractivity contribution in [1.29, 1.82) is 0 Å². The van der Waals surface area contributed by atoms with Crippen molar-refractivity contribution in [3.63, 3.8) is 0 Å². The molecule has 8 nitrogen and oxygen atoms in total. The molecular weight excluding hydrogens is 405 g/mol. The van der Waals surface area contributed by atoms with E-state index in [0.29, 0.717) is 24.4 Å². The summed E-state index contributed by atoms with van der Waals surface area (Å²) >= 11 is 0. The second-order valence-corrected chi connectivity index (χ2v) is 7.64. The average Bonchev–Trinajstić information content (AvgIpc) is 2.85. The number of hydrogen-bond acceptors (Lipinski definition) is 7. The zero-order valence-corrected chi connectivity index (χ0v) is 15.8. The van der Waals surface area contributed by atoms with E-state index in [2.05, 4.69) is 4.90 Å². The number of piperidine rings is 1. The Morgan fingerprint density at radius 3 is 2.57 bits per heavy atom. The molecule has 5 aliphatic heterocycles. The minimum absolute atomic E-state index is 0.0407. The third-order valence-corrected chi connectivity index (χ3v) is 5.90. The molecule has 0 aliphatic carbocycles. The van der Waals surface area contributed by atoms with Gasteiger partial charge in [-0.25, -0.2) is 4.79 Å². The third-order valence-electron chi connectivity index (χ3n) is 5.90. The van der Waals surface area contributed by atoms with E-state index in [1.807, 2.05) is 4.90 Å². The number of amides is 1. The van der Waals surface area contributed by atoms with Gasteiger partial charge in [-0.15, -0.1) is 5.06 Å². The number of benzene rings is 1. The predicted octanol–water partition coefficient (Wildman–Crippen LogP) is 1.78. The van der Waals surface area contributed by atoms with Crippen LogP contribution in [0.2, 0.25) is 0 Å². The van der Waals surface area contributed by atoms with Crippen LogP contribution in [0.15, 0.2) is 36.2 Å². The van der Waals surface area contributed by atoms with Gasteiger partial charge in [0.2, 0.25) is 6.17 Å². The number of nitrogens with zero attached hydrogens (tertiary/aromatic N) is 4. The number of carbonyl (C=O) groups is 2. The lowest BCUT2D eigenvalue weighted by atomic mass is 10.0. The molecule has 1 unspecified atom stereocenters. The lowest BCUT2D eigenvalue weighted by molar-refractivity contribution is -0.269. The third kappa shape index (κ3) is 3.04. The highest BCUT2D eigenvalue weighted by Gasteiger charge is 2.51. The lowest BCUT2D eigenvalue weighted by Gasteiger charge is -2.43. The largest absolute Gasteiger partial charge is 0.493 e. The van der Waals surface area contributed by atoms with E-state index in [4.69, 9.17) is 9.68 Å². The highest BCUT2D eigenvalue weighted by Crippen LogP contribution is 2.45. The number of hydroxylamine groups is 4. The summed E-state index contributed by atoms with van der Waals surface area (Å²) in [5, 5.41) is 1.80. The number of carbonyl (C=O) groups excluding carboxylic acids is 2. The first-order valence-corrected chi connectivity index (χ1v) is 9.72. The Bertz CT molecular complexity index is 913. The van der Waals surface area contributed by atoms with E-state index in [9.17, 15) is 22.8 Å². The maximum Gasteiger partial charge on any atom is 0.493 e. The molecule has 30 heavy (non-hydrogen) atoms. The molecule has 1 amide bonds. The predicted molar refractivity (Wildman–Crippen MR) is 94.9 cm³/mol. The van der Waals surface area contributed by atoms with Crippen molar-refractivity contribution in [2.24, 2.45) is 0 Å². The minimum atomic E-state index is -5.18. The van der Waals surface area contributed by atoms with Gasteiger partial charge in [0.1, 0.15) is 5.82 Å². The maximum atomic E-state index is 13.1. The fourth-order valence-corrected chi connectivity index (χ4v) is 4.44. The summed E-state index contributed by atoms with van der Waals surface area (Å²) < 4.78 is 39.2. The smallest absolute Gasteiger partial charge is 0.374 e. The van der Waals surface area contributed by atoms with Gasteiger partial charge in [-0.3, -0.25) is 4.79 Å². The zero-order chi connectivity index (χ0) is 21.0. The van der Waals surface area contributed by atoms with Crippen LogP contribution in [0.4, 0.5) is 13.2 Å². The van der Waals surface area contributed by atoms with Gasteiger partial charge in [0.15, 0.2) is 5.75 Å². The van der Waals surface area contributed by atoms with Gasteiger partial charge in [0.25, 0.3) is 5.91 Å². The topological polar surface area (TPSA) is 65.6 Å². The van der Waals surface area contributed by atoms with Gasteiger partial charge in [-0.05, 0) is 18.9 Å². The van der Waals surface area contributed by atoms with Crippen LogP contribution in [-0.2, 0) is 14.4 Å². The molecule has 0 saturated carbocycles. The van der Waals surface area contributed by atoms with E-state index >= 15 is 0 Å². The standard InChI is InChI=1S/C19H19F3N4O4/c20-19(21,22)18(28)30-25-15(24-10-9-23-7-5-12(24)6-8-23)11-16(27)26-17(25)13-3-1-2-4-14(13)29-26/h1-4,11-12,17H,5-10H2. The second kappa shape index (κ2) is 6.79. The summed E-state index contributed by atoms with van der Waals surface area (Å²) in [6.07, 6.45) is -3.51. The van der Waals surface area contributed by atoms with E-state index in [-0.39, 0.29) is 11.9 Å². The van der Waals surface area contributed by atoms with Crippen LogP contribution in [0.1, 0.15) is 24.6 Å². The average molecular weight is 424 g/mol. The first-order chi connectivity index (χ1) is 14.3. The van der Waals surface area contributed by atoms with Gasteiger partial charge in [-0.1, -0.05) is 18.2 Å². The summed E-state index contributed by atoms with van der Waals surface area (Å²) in [5.41, 5.74) is 0.439. The van der Waals surface area contributed by atoms with Crippen LogP contribution >= 0.6 is 0 Å². The summed E-state index contributed by atoms with van der Waals surface area (Å²) in [6.45, 7) is 2.99. The number of alkyl halides is 3. The molecule has 0 radical (unpaired) electrons. The van der Waals surface area contributed by atoms with Crippen LogP contribution in [0.5, 0.6) is 5.75 Å². The van der Waals surface area contributed by atoms with Crippen molar-refractivity contribution < 1.29 is 32.4 Å². The SMILES string of the molecule is O=C1C=C(N2CCN3CCC2CC3)N(OC(=O)C(F)(F)F)C2c3ccccc3ON12. The minimum Gasteiger partial charge on any atom is -0.374 e. The lowest BCUT2D eigenvalue weighted by Crippen LogP contribution is -2.53. The van der Waals surface area contributed by atoms with Gasteiger partial charge in [-0.2, -0.15) is 18.2 Å². The summed E-state index contributed by atoms with van der Waals surface area (Å²) in [5.74, 6) is -2.41. The Labute approximate surface area is 169 Å². The van der Waals surface area contributed by atoms with Crippen molar-refractivity contribution in [1.82, 2.24) is 19.9 Å². The molecule has 160 valence electrons. The van der Waals surface area contributed by atoms with Crippen molar-refractivity contribution in [2.45, 2.75) is 31.2 Å². The number of fused-ring (bicyclic) bond motifs is 7. The summed E-state index contributed by atoms with van der Waals surface area (Å²) in [6, 6.07) is 6.64. The molecule has 1 aromatic rings. The van der Waals surface area contributed by atoms with Crippen LogP contribution in [-0.4, -0.2) is 70.2 Å². The van der Waals surface area contributed by atoms with Crippen LogP contribution < -0.4 is 4.84 Å². The first kappa shape index (κ1) is 19.0. The Hall–Kier alpha value is -2.95. The highest BCUT2D eigenvalue weighted by molar-refractivity contribution is 5.89. The Balaban J connectivity index is 1.57. The van der Waals surface area contributed by atoms with Crippen LogP contribution in [0.3, 0.4) is 0 Å². The molecule has 1 aromatic carbocycles. The van der Waals surface area contributed by atoms with Crippen molar-refractivity contribution in [2.75, 3.05) is 26.2 Å². The summed E-state index contributed by atoms with van der Waals surface area (Å²) in [4.78, 5) is 39.2. The normalized spacial score (nSPS) is 27.8. The molecule has 6 rings (SSSR count). The number of rotatable bonds is 2. The van der Waals surface area contributed by atoms with E-state index in [0.717, 1.165) is 36.1 Å². The van der Waals surface area contributed by atoms with Crippen molar-refractivity contribution in [3.8, 4) is 5.75 Å². The molecule has 0 N–H and O–H groups in total. The molecule has 2 bridgehead atoms. The first-order valence-electron chi connectivity index (χ1n) is 9.72. The fourth-order valence-electron chi connectivity index (χ4n) is 4.44. The van der Waals surface area contributed by atoms with Crippen LogP contribution in [0, 0.1) is 0 Å². The van der Waals surface area contributed by atoms with Gasteiger partial charge in [0, 0.05) is 37.8 Å².